The average molecular weight is 147 g/mol. The van der Waals surface area contributed by atoms with Gasteiger partial charge in [-0.25, -0.2) is 4.98 Å². The highest BCUT2D eigenvalue weighted by molar-refractivity contribution is 5.75. The standard InChI is InChI=1S/C8H9N3/c9-5-1-2-7-3-4-8(10)11-6-7/h1-6,9H,(H2,10,11)/b2-1-,9-5?. The number of nitrogens with two attached hydrogens (primary N) is 1. The number of nitrogens with zero attached hydrogens (tertiary/aromatic N) is 1. The highest BCUT2D eigenvalue weighted by atomic mass is 14.8. The zero-order valence-electron chi connectivity index (χ0n) is 5.99. The summed E-state index contributed by atoms with van der Waals surface area (Å²) in [6.45, 7) is 0. The van der Waals surface area contributed by atoms with Crippen molar-refractivity contribution in [2.75, 3.05) is 5.73 Å². The molecule has 0 bridgehead atoms. The lowest BCUT2D eigenvalue weighted by molar-refractivity contribution is 1.33. The first-order valence-electron chi connectivity index (χ1n) is 3.21. The zero-order valence-corrected chi connectivity index (χ0v) is 5.99. The zero-order chi connectivity index (χ0) is 8.10. The van der Waals surface area contributed by atoms with E-state index in [0.717, 1.165) is 5.56 Å². The Morgan fingerprint density at radius 1 is 1.45 bits per heavy atom. The van der Waals surface area contributed by atoms with Crippen molar-refractivity contribution in [3.63, 3.8) is 0 Å². The van der Waals surface area contributed by atoms with Crippen molar-refractivity contribution in [1.82, 2.24) is 4.98 Å². The first kappa shape index (κ1) is 7.47. The van der Waals surface area contributed by atoms with Gasteiger partial charge in [0.05, 0.1) is 0 Å². The number of nitrogen functional groups attached to an aromatic ring is 1. The van der Waals surface area contributed by atoms with E-state index < -0.39 is 0 Å². The van der Waals surface area contributed by atoms with E-state index >= 15 is 0 Å². The maximum Gasteiger partial charge on any atom is 0.123 e. The van der Waals surface area contributed by atoms with Gasteiger partial charge in [0, 0.05) is 12.4 Å². The SMILES string of the molecule is N=C/C=C\c1ccc(N)nc1. The number of aromatic nitrogens is 1. The molecule has 3 heteroatoms. The fourth-order valence-corrected chi connectivity index (χ4v) is 0.675. The van der Waals surface area contributed by atoms with Crippen LogP contribution in [-0.4, -0.2) is 11.2 Å². The first-order valence-corrected chi connectivity index (χ1v) is 3.21. The number of rotatable bonds is 2. The van der Waals surface area contributed by atoms with Crippen LogP contribution >= 0.6 is 0 Å². The molecule has 1 heterocycles. The van der Waals surface area contributed by atoms with Crippen LogP contribution in [0.5, 0.6) is 0 Å². The summed E-state index contributed by atoms with van der Waals surface area (Å²) in [7, 11) is 0. The summed E-state index contributed by atoms with van der Waals surface area (Å²) >= 11 is 0. The van der Waals surface area contributed by atoms with Gasteiger partial charge in [0.1, 0.15) is 5.82 Å². The molecule has 0 radical (unpaired) electrons. The van der Waals surface area contributed by atoms with Gasteiger partial charge < -0.3 is 11.1 Å². The molecule has 0 aliphatic carbocycles. The van der Waals surface area contributed by atoms with E-state index in [4.69, 9.17) is 11.1 Å². The molecule has 11 heavy (non-hydrogen) atoms. The lowest BCUT2D eigenvalue weighted by atomic mass is 10.2. The summed E-state index contributed by atoms with van der Waals surface area (Å²) in [5, 5.41) is 6.74. The van der Waals surface area contributed by atoms with E-state index in [1.165, 1.54) is 6.21 Å². The van der Waals surface area contributed by atoms with Crippen LogP contribution in [0.1, 0.15) is 5.56 Å². The Morgan fingerprint density at radius 2 is 2.27 bits per heavy atom. The van der Waals surface area contributed by atoms with E-state index in [1.54, 1.807) is 24.4 Å². The molecular weight excluding hydrogens is 138 g/mol. The minimum atomic E-state index is 0.511. The Morgan fingerprint density at radius 3 is 2.82 bits per heavy atom. The lowest BCUT2D eigenvalue weighted by Crippen LogP contribution is -1.87. The molecule has 0 aliphatic heterocycles. The predicted octanol–water partition coefficient (Wildman–Crippen LogP) is 1.33. The highest BCUT2D eigenvalue weighted by Crippen LogP contribution is 2.02. The third-order valence-electron chi connectivity index (χ3n) is 1.19. The molecular formula is C8H9N3. The number of anilines is 1. The second-order valence-electron chi connectivity index (χ2n) is 2.04. The minimum absolute atomic E-state index is 0.511. The third kappa shape index (κ3) is 2.21. The van der Waals surface area contributed by atoms with Crippen molar-refractivity contribution >= 4 is 18.1 Å². The lowest BCUT2D eigenvalue weighted by Gasteiger charge is -1.91. The Hall–Kier alpha value is -1.64. The van der Waals surface area contributed by atoms with Gasteiger partial charge in [-0.2, -0.15) is 0 Å². The highest BCUT2D eigenvalue weighted by Gasteiger charge is 1.85. The molecule has 0 spiro atoms. The third-order valence-corrected chi connectivity index (χ3v) is 1.19. The average Bonchev–Trinajstić information content (AvgIpc) is 2.04. The second-order valence-corrected chi connectivity index (χ2v) is 2.04. The number of hydrogen-bond acceptors (Lipinski definition) is 3. The number of allylic oxidation sites excluding steroid dienone is 1. The monoisotopic (exact) mass is 147 g/mol. The van der Waals surface area contributed by atoms with Gasteiger partial charge in [0.15, 0.2) is 0 Å². The van der Waals surface area contributed by atoms with Crippen molar-refractivity contribution in [2.45, 2.75) is 0 Å². The van der Waals surface area contributed by atoms with Crippen LogP contribution in [-0.2, 0) is 0 Å². The summed E-state index contributed by atoms with van der Waals surface area (Å²) in [4.78, 5) is 3.88. The van der Waals surface area contributed by atoms with Crippen LogP contribution in [0.4, 0.5) is 5.82 Å². The van der Waals surface area contributed by atoms with Gasteiger partial charge in [-0.05, 0) is 23.8 Å². The molecule has 0 saturated heterocycles. The molecule has 0 aromatic carbocycles. The first-order chi connectivity index (χ1) is 5.33. The van der Waals surface area contributed by atoms with Gasteiger partial charge >= 0.3 is 0 Å². The van der Waals surface area contributed by atoms with E-state index in [0.29, 0.717) is 5.82 Å². The minimum Gasteiger partial charge on any atom is -0.384 e. The van der Waals surface area contributed by atoms with E-state index in [-0.39, 0.29) is 0 Å². The fraction of sp³-hybridized carbons (Fsp3) is 0. The van der Waals surface area contributed by atoms with Crippen LogP contribution in [0.15, 0.2) is 24.4 Å². The summed E-state index contributed by atoms with van der Waals surface area (Å²) in [5.74, 6) is 0.511. The van der Waals surface area contributed by atoms with Crippen molar-refractivity contribution in [2.24, 2.45) is 0 Å². The number of nitrogens with one attached hydrogen (secondary N) is 1. The quantitative estimate of drug-likeness (QED) is 0.620. The fourth-order valence-electron chi connectivity index (χ4n) is 0.675. The van der Waals surface area contributed by atoms with Gasteiger partial charge in [-0.3, -0.25) is 0 Å². The summed E-state index contributed by atoms with van der Waals surface area (Å²) in [6.07, 6.45) is 6.30. The molecule has 1 aromatic rings. The molecule has 56 valence electrons. The maximum absolute atomic E-state index is 6.74. The van der Waals surface area contributed by atoms with Crippen molar-refractivity contribution in [1.29, 1.82) is 5.41 Å². The van der Waals surface area contributed by atoms with Gasteiger partial charge in [0.2, 0.25) is 0 Å². The van der Waals surface area contributed by atoms with Crippen molar-refractivity contribution in [3.8, 4) is 0 Å². The van der Waals surface area contributed by atoms with Crippen LogP contribution in [0.25, 0.3) is 6.08 Å². The maximum atomic E-state index is 6.74. The summed E-state index contributed by atoms with van der Waals surface area (Å²) in [6, 6.07) is 3.58. The largest absolute Gasteiger partial charge is 0.384 e. The summed E-state index contributed by atoms with van der Waals surface area (Å²) < 4.78 is 0. The topological polar surface area (TPSA) is 62.8 Å². The molecule has 0 unspecified atom stereocenters. The number of pyridine rings is 1. The molecule has 3 nitrogen and oxygen atoms in total. The second kappa shape index (κ2) is 3.51. The Bertz CT molecular complexity index is 261. The van der Waals surface area contributed by atoms with Crippen LogP contribution < -0.4 is 5.73 Å². The van der Waals surface area contributed by atoms with E-state index in [2.05, 4.69) is 4.98 Å². The molecule has 1 rings (SSSR count). The van der Waals surface area contributed by atoms with Gasteiger partial charge in [0.25, 0.3) is 0 Å². The summed E-state index contributed by atoms with van der Waals surface area (Å²) in [5.41, 5.74) is 6.32. The molecule has 0 amide bonds. The Balaban J connectivity index is 2.81. The van der Waals surface area contributed by atoms with Crippen LogP contribution in [0, 0.1) is 5.41 Å². The van der Waals surface area contributed by atoms with Crippen LogP contribution in [0.3, 0.4) is 0 Å². The smallest absolute Gasteiger partial charge is 0.123 e. The van der Waals surface area contributed by atoms with Gasteiger partial charge in [-0.1, -0.05) is 6.08 Å². The molecule has 0 saturated carbocycles. The molecule has 1 aromatic heterocycles. The Labute approximate surface area is 65.1 Å². The van der Waals surface area contributed by atoms with Crippen LogP contribution in [0.2, 0.25) is 0 Å². The van der Waals surface area contributed by atoms with Gasteiger partial charge in [-0.15, -0.1) is 0 Å². The predicted molar refractivity (Wildman–Crippen MR) is 46.5 cm³/mol. The normalized spacial score (nSPS) is 10.2. The Kier molecular flexibility index (Phi) is 2.38. The van der Waals surface area contributed by atoms with Crippen molar-refractivity contribution in [3.05, 3.63) is 30.0 Å². The van der Waals surface area contributed by atoms with Crippen molar-refractivity contribution < 1.29 is 0 Å². The molecule has 0 atom stereocenters. The molecule has 0 aliphatic rings. The molecule has 0 fully saturated rings. The van der Waals surface area contributed by atoms with E-state index in [1.807, 2.05) is 6.07 Å². The number of hydrogen-bond donors (Lipinski definition) is 2. The molecule has 3 N–H and O–H groups in total. The van der Waals surface area contributed by atoms with E-state index in [9.17, 15) is 0 Å².